The average Bonchev–Trinajstić information content (AvgIpc) is 3.06. The minimum atomic E-state index is 0.154. The lowest BCUT2D eigenvalue weighted by molar-refractivity contribution is 0.0675. The number of pyridine rings is 1. The summed E-state index contributed by atoms with van der Waals surface area (Å²) in [6.07, 6.45) is 4.83. The Morgan fingerprint density at radius 3 is 2.74 bits per heavy atom. The number of piperidine rings is 1. The molecule has 2 aromatic heterocycles. The molecule has 3 rings (SSSR count). The lowest BCUT2D eigenvalue weighted by Gasteiger charge is -2.34. The number of likely N-dealkylation sites (tertiary alicyclic amines) is 1. The minimum absolute atomic E-state index is 0.154. The Morgan fingerprint density at radius 2 is 2.13 bits per heavy atom. The zero-order valence-electron chi connectivity index (χ0n) is 14.0. The van der Waals surface area contributed by atoms with Crippen molar-refractivity contribution in [3.8, 4) is 5.88 Å². The molecule has 2 aromatic rings. The molecule has 0 aliphatic carbocycles. The second-order valence-corrected chi connectivity index (χ2v) is 6.11. The molecule has 23 heavy (non-hydrogen) atoms. The molecule has 1 fully saturated rings. The van der Waals surface area contributed by atoms with Crippen LogP contribution >= 0.6 is 0 Å². The molecule has 1 saturated heterocycles. The molecule has 0 spiro atoms. The van der Waals surface area contributed by atoms with E-state index in [4.69, 9.17) is 9.26 Å². The van der Waals surface area contributed by atoms with Crippen LogP contribution in [-0.4, -0.2) is 39.2 Å². The Labute approximate surface area is 136 Å². The van der Waals surface area contributed by atoms with E-state index < -0.39 is 0 Å². The van der Waals surface area contributed by atoms with E-state index in [1.165, 1.54) is 0 Å². The van der Waals surface area contributed by atoms with Gasteiger partial charge in [0.2, 0.25) is 11.8 Å². The van der Waals surface area contributed by atoms with E-state index in [-0.39, 0.29) is 12.1 Å². The molecule has 0 aromatic carbocycles. The Bertz CT molecular complexity index is 618. The first kappa shape index (κ1) is 15.9. The number of ether oxygens (including phenoxy) is 1. The fraction of sp³-hybridized carbons (Fsp3) is 0.588. The van der Waals surface area contributed by atoms with Gasteiger partial charge < -0.3 is 9.26 Å². The van der Waals surface area contributed by atoms with Crippen LogP contribution in [0.1, 0.15) is 50.0 Å². The lowest BCUT2D eigenvalue weighted by Crippen LogP contribution is -2.39. The fourth-order valence-electron chi connectivity index (χ4n) is 2.81. The molecule has 1 aliphatic rings. The monoisotopic (exact) mass is 316 g/mol. The molecule has 0 bridgehead atoms. The molecule has 0 unspecified atom stereocenters. The molecule has 6 nitrogen and oxygen atoms in total. The van der Waals surface area contributed by atoms with Gasteiger partial charge in [0.25, 0.3) is 0 Å². The Morgan fingerprint density at radius 1 is 1.35 bits per heavy atom. The minimum Gasteiger partial charge on any atom is -0.474 e. The van der Waals surface area contributed by atoms with Gasteiger partial charge in [0.05, 0.1) is 6.04 Å². The zero-order valence-corrected chi connectivity index (χ0v) is 14.0. The molecule has 0 N–H and O–H groups in total. The molecular formula is C17H24N4O2. The van der Waals surface area contributed by atoms with Gasteiger partial charge in [-0.15, -0.1) is 0 Å². The van der Waals surface area contributed by atoms with Crippen molar-refractivity contribution in [1.29, 1.82) is 0 Å². The van der Waals surface area contributed by atoms with Gasteiger partial charge in [0.1, 0.15) is 6.10 Å². The van der Waals surface area contributed by atoms with Gasteiger partial charge in [-0.1, -0.05) is 18.1 Å². The normalized spacial score (nSPS) is 18.0. The van der Waals surface area contributed by atoms with Crippen LogP contribution in [0.3, 0.4) is 0 Å². The molecule has 1 aliphatic heterocycles. The number of aryl methyl sites for hydroxylation is 2. The largest absolute Gasteiger partial charge is 0.474 e. The van der Waals surface area contributed by atoms with Crippen LogP contribution in [0.4, 0.5) is 0 Å². The molecule has 1 atom stereocenters. The van der Waals surface area contributed by atoms with Crippen LogP contribution in [0, 0.1) is 6.92 Å². The fourth-order valence-corrected chi connectivity index (χ4v) is 2.81. The van der Waals surface area contributed by atoms with Crippen molar-refractivity contribution in [1.82, 2.24) is 20.0 Å². The van der Waals surface area contributed by atoms with Gasteiger partial charge in [-0.2, -0.15) is 4.98 Å². The summed E-state index contributed by atoms with van der Waals surface area (Å²) in [5.41, 5.74) is 1.15. The van der Waals surface area contributed by atoms with Crippen LogP contribution in [0.15, 0.2) is 22.9 Å². The highest BCUT2D eigenvalue weighted by Gasteiger charge is 2.27. The van der Waals surface area contributed by atoms with Crippen LogP contribution in [0.2, 0.25) is 0 Å². The molecule has 3 heterocycles. The first-order valence-electron chi connectivity index (χ1n) is 8.31. The zero-order chi connectivity index (χ0) is 16.2. The second-order valence-electron chi connectivity index (χ2n) is 6.11. The molecule has 0 saturated carbocycles. The first-order valence-corrected chi connectivity index (χ1v) is 8.31. The third kappa shape index (κ3) is 3.88. The summed E-state index contributed by atoms with van der Waals surface area (Å²) in [7, 11) is 0. The molecular weight excluding hydrogens is 292 g/mol. The van der Waals surface area contributed by atoms with E-state index in [0.717, 1.165) is 43.7 Å². The summed E-state index contributed by atoms with van der Waals surface area (Å²) < 4.78 is 11.3. The number of hydrogen-bond donors (Lipinski definition) is 0. The maximum Gasteiger partial charge on any atom is 0.243 e. The summed E-state index contributed by atoms with van der Waals surface area (Å²) in [4.78, 5) is 11.1. The number of rotatable bonds is 5. The van der Waals surface area contributed by atoms with Crippen molar-refractivity contribution in [2.24, 2.45) is 0 Å². The predicted molar refractivity (Wildman–Crippen MR) is 86.3 cm³/mol. The van der Waals surface area contributed by atoms with E-state index in [1.54, 1.807) is 0 Å². The van der Waals surface area contributed by atoms with Gasteiger partial charge in [-0.3, -0.25) is 4.90 Å². The van der Waals surface area contributed by atoms with Crippen LogP contribution < -0.4 is 4.74 Å². The maximum atomic E-state index is 5.98. The predicted octanol–water partition coefficient (Wildman–Crippen LogP) is 2.94. The van der Waals surface area contributed by atoms with Gasteiger partial charge in [-0.05, 0) is 32.3 Å². The van der Waals surface area contributed by atoms with Crippen molar-refractivity contribution in [2.75, 3.05) is 13.1 Å². The summed E-state index contributed by atoms with van der Waals surface area (Å²) in [6, 6.07) is 4.12. The summed E-state index contributed by atoms with van der Waals surface area (Å²) in [6.45, 7) is 8.10. The highest BCUT2D eigenvalue weighted by Crippen LogP contribution is 2.25. The number of aromatic nitrogens is 3. The molecule has 124 valence electrons. The average molecular weight is 316 g/mol. The molecule has 0 amide bonds. The van der Waals surface area contributed by atoms with E-state index in [0.29, 0.717) is 11.8 Å². The van der Waals surface area contributed by atoms with E-state index in [2.05, 4.69) is 26.9 Å². The van der Waals surface area contributed by atoms with E-state index >= 15 is 0 Å². The van der Waals surface area contributed by atoms with E-state index in [9.17, 15) is 0 Å². The van der Waals surface area contributed by atoms with Crippen molar-refractivity contribution in [2.45, 2.75) is 52.2 Å². The molecule has 6 heteroatoms. The lowest BCUT2D eigenvalue weighted by atomic mass is 10.1. The van der Waals surface area contributed by atoms with Crippen LogP contribution in [-0.2, 0) is 6.42 Å². The summed E-state index contributed by atoms with van der Waals surface area (Å²) in [5.74, 6) is 2.20. The first-order chi connectivity index (χ1) is 11.2. The van der Waals surface area contributed by atoms with Gasteiger partial charge in [0.15, 0.2) is 5.82 Å². The number of nitrogens with zero attached hydrogens (tertiary/aromatic N) is 4. The Balaban J connectivity index is 1.52. The molecule has 0 radical (unpaired) electrons. The Hall–Kier alpha value is -1.95. The summed E-state index contributed by atoms with van der Waals surface area (Å²) >= 11 is 0. The highest BCUT2D eigenvalue weighted by atomic mass is 16.5. The van der Waals surface area contributed by atoms with Crippen LogP contribution in [0.5, 0.6) is 5.88 Å². The number of hydrogen-bond acceptors (Lipinski definition) is 6. The summed E-state index contributed by atoms with van der Waals surface area (Å²) in [5, 5.41) is 3.98. The van der Waals surface area contributed by atoms with Gasteiger partial charge in [0, 0.05) is 31.8 Å². The van der Waals surface area contributed by atoms with Gasteiger partial charge >= 0.3 is 0 Å². The third-order valence-electron chi connectivity index (χ3n) is 4.35. The highest BCUT2D eigenvalue weighted by molar-refractivity contribution is 5.16. The smallest absolute Gasteiger partial charge is 0.243 e. The van der Waals surface area contributed by atoms with Crippen molar-refractivity contribution in [3.63, 3.8) is 0 Å². The SMILES string of the molecule is CCc1noc([C@H](C)N2CCC(Oc3ccc(C)cn3)CC2)n1. The second kappa shape index (κ2) is 7.08. The van der Waals surface area contributed by atoms with Crippen LogP contribution in [0.25, 0.3) is 0 Å². The maximum absolute atomic E-state index is 5.98. The Kier molecular flexibility index (Phi) is 4.91. The van der Waals surface area contributed by atoms with Crippen molar-refractivity contribution < 1.29 is 9.26 Å². The van der Waals surface area contributed by atoms with Crippen molar-refractivity contribution in [3.05, 3.63) is 35.6 Å². The van der Waals surface area contributed by atoms with Gasteiger partial charge in [-0.25, -0.2) is 4.98 Å². The van der Waals surface area contributed by atoms with Crippen molar-refractivity contribution >= 4 is 0 Å². The third-order valence-corrected chi connectivity index (χ3v) is 4.35. The topological polar surface area (TPSA) is 64.3 Å². The quantitative estimate of drug-likeness (QED) is 0.845. The standard InChI is InChI=1S/C17H24N4O2/c1-4-15-19-17(23-20-15)13(3)21-9-7-14(8-10-21)22-16-6-5-12(2)11-18-16/h5-6,11,13-14H,4,7-10H2,1-3H3/t13-/m0/s1. The van der Waals surface area contributed by atoms with E-state index in [1.807, 2.05) is 32.2 Å².